The molecule has 0 aliphatic carbocycles. The van der Waals surface area contributed by atoms with E-state index in [4.69, 9.17) is 0 Å². The molecule has 1 N–H and O–H groups in total. The lowest BCUT2D eigenvalue weighted by Gasteiger charge is -2.33. The van der Waals surface area contributed by atoms with E-state index in [1.807, 2.05) is 0 Å². The third-order valence-electron chi connectivity index (χ3n) is 2.34. The molecule has 0 fully saturated rings. The van der Waals surface area contributed by atoms with Gasteiger partial charge in [-0.05, 0) is 39.8 Å². The normalized spacial score (nSPS) is 13.7. The van der Waals surface area contributed by atoms with Crippen LogP contribution in [0.3, 0.4) is 0 Å². The van der Waals surface area contributed by atoms with E-state index in [0.717, 1.165) is 19.6 Å². The molecule has 0 aromatic rings. The van der Waals surface area contributed by atoms with Gasteiger partial charge in [0.25, 0.3) is 0 Å². The van der Waals surface area contributed by atoms with E-state index in [0.29, 0.717) is 5.41 Å². The van der Waals surface area contributed by atoms with Gasteiger partial charge in [-0.2, -0.15) is 0 Å². The molecule has 0 amide bonds. The van der Waals surface area contributed by atoms with Crippen molar-refractivity contribution in [3.63, 3.8) is 0 Å². The molecule has 0 aromatic heterocycles. The van der Waals surface area contributed by atoms with Crippen LogP contribution in [0.2, 0.25) is 0 Å². The number of hydrogen-bond acceptors (Lipinski definition) is 2. The van der Waals surface area contributed by atoms with Crippen LogP contribution >= 0.6 is 0 Å². The molecule has 0 aliphatic rings. The highest BCUT2D eigenvalue weighted by molar-refractivity contribution is 4.79. The number of rotatable bonds is 5. The Labute approximate surface area is 90.1 Å². The third-order valence-corrected chi connectivity index (χ3v) is 2.34. The molecule has 2 heteroatoms. The molecule has 2 nitrogen and oxygen atoms in total. The van der Waals surface area contributed by atoms with Crippen molar-refractivity contribution < 1.29 is 0 Å². The van der Waals surface area contributed by atoms with Crippen LogP contribution in [0.25, 0.3) is 0 Å². The Balaban J connectivity index is 3.95. The fourth-order valence-corrected chi connectivity index (χ4v) is 1.40. The van der Waals surface area contributed by atoms with Crippen LogP contribution < -0.4 is 5.32 Å². The molecule has 0 radical (unpaired) electrons. The number of nitrogens with zero attached hydrogens (tertiary/aromatic N) is 1. The maximum atomic E-state index is 3.56. The molecule has 0 saturated heterocycles. The Kier molecular flexibility index (Phi) is 5.10. The van der Waals surface area contributed by atoms with Gasteiger partial charge in [-0.3, -0.25) is 0 Å². The van der Waals surface area contributed by atoms with Crippen LogP contribution in [0.5, 0.6) is 0 Å². The summed E-state index contributed by atoms with van der Waals surface area (Å²) in [4.78, 5) is 2.37. The highest BCUT2D eigenvalue weighted by atomic mass is 15.1. The fourth-order valence-electron chi connectivity index (χ4n) is 1.40. The molecular weight excluding hydrogens is 172 g/mol. The lowest BCUT2D eigenvalue weighted by Crippen LogP contribution is -2.45. The summed E-state index contributed by atoms with van der Waals surface area (Å²) >= 11 is 0. The molecule has 14 heavy (non-hydrogen) atoms. The summed E-state index contributed by atoms with van der Waals surface area (Å²) < 4.78 is 0. The van der Waals surface area contributed by atoms with Crippen LogP contribution in [0, 0.1) is 5.41 Å². The van der Waals surface area contributed by atoms with E-state index >= 15 is 0 Å². The van der Waals surface area contributed by atoms with Crippen LogP contribution in [0.1, 0.15) is 41.5 Å². The van der Waals surface area contributed by atoms with Crippen molar-refractivity contribution in [2.24, 2.45) is 5.41 Å². The van der Waals surface area contributed by atoms with E-state index in [-0.39, 0.29) is 5.54 Å². The quantitative estimate of drug-likeness (QED) is 0.733. The van der Waals surface area contributed by atoms with Crippen LogP contribution in [-0.2, 0) is 0 Å². The van der Waals surface area contributed by atoms with Crippen molar-refractivity contribution in [1.82, 2.24) is 10.2 Å². The minimum atomic E-state index is 0.224. The first kappa shape index (κ1) is 13.9. The van der Waals surface area contributed by atoms with Crippen molar-refractivity contribution in [1.29, 1.82) is 0 Å². The van der Waals surface area contributed by atoms with Gasteiger partial charge < -0.3 is 10.2 Å². The van der Waals surface area contributed by atoms with Gasteiger partial charge in [-0.15, -0.1) is 0 Å². The average Bonchev–Trinajstić information content (AvgIpc) is 1.99. The van der Waals surface area contributed by atoms with E-state index in [2.05, 4.69) is 58.8 Å². The molecule has 0 rings (SSSR count). The van der Waals surface area contributed by atoms with E-state index in [1.54, 1.807) is 0 Å². The van der Waals surface area contributed by atoms with Crippen LogP contribution in [0.4, 0.5) is 0 Å². The zero-order valence-corrected chi connectivity index (χ0v) is 11.1. The molecule has 0 unspecified atom stereocenters. The monoisotopic (exact) mass is 200 g/mol. The second-order valence-electron chi connectivity index (χ2n) is 6.10. The minimum absolute atomic E-state index is 0.224. The summed E-state index contributed by atoms with van der Waals surface area (Å²) in [6.45, 7) is 16.8. The summed E-state index contributed by atoms with van der Waals surface area (Å²) in [5.74, 6) is 0. The predicted molar refractivity (Wildman–Crippen MR) is 64.7 cm³/mol. The maximum absolute atomic E-state index is 3.56. The van der Waals surface area contributed by atoms with E-state index in [9.17, 15) is 0 Å². The Morgan fingerprint density at radius 2 is 1.57 bits per heavy atom. The molecule has 0 bridgehead atoms. The lowest BCUT2D eigenvalue weighted by atomic mass is 9.91. The Morgan fingerprint density at radius 3 is 1.93 bits per heavy atom. The fraction of sp³-hybridized carbons (Fsp3) is 1.00. The third kappa shape index (κ3) is 7.34. The van der Waals surface area contributed by atoms with Gasteiger partial charge in [0.2, 0.25) is 0 Å². The number of hydrogen-bond donors (Lipinski definition) is 1. The Bertz CT molecular complexity index is 156. The zero-order chi connectivity index (χ0) is 11.4. The minimum Gasteiger partial charge on any atom is -0.311 e. The summed E-state index contributed by atoms with van der Waals surface area (Å²) in [6, 6.07) is 0. The molecular formula is C12H28N2. The highest BCUT2D eigenvalue weighted by Gasteiger charge is 2.21. The summed E-state index contributed by atoms with van der Waals surface area (Å²) in [5, 5.41) is 3.56. The van der Waals surface area contributed by atoms with Gasteiger partial charge in [0.1, 0.15) is 0 Å². The van der Waals surface area contributed by atoms with Crippen molar-refractivity contribution in [2.75, 3.05) is 26.7 Å². The van der Waals surface area contributed by atoms with Crippen molar-refractivity contribution in [3.05, 3.63) is 0 Å². The molecule has 0 saturated carbocycles. The first-order valence-corrected chi connectivity index (χ1v) is 5.60. The average molecular weight is 200 g/mol. The van der Waals surface area contributed by atoms with Crippen molar-refractivity contribution in [2.45, 2.75) is 47.1 Å². The smallest absolute Gasteiger partial charge is 0.00967 e. The Hall–Kier alpha value is -0.0800. The second kappa shape index (κ2) is 5.13. The van der Waals surface area contributed by atoms with Gasteiger partial charge in [-0.25, -0.2) is 0 Å². The summed E-state index contributed by atoms with van der Waals surface area (Å²) in [6.07, 6.45) is 0. The second-order valence-corrected chi connectivity index (χ2v) is 6.10. The summed E-state index contributed by atoms with van der Waals surface area (Å²) in [5.41, 5.74) is 0.570. The molecule has 0 atom stereocenters. The standard InChI is InChI=1S/C12H28N2/c1-8-14(7)10-12(5,6)9-13-11(2,3)4/h13H,8-10H2,1-7H3. The van der Waals surface area contributed by atoms with Gasteiger partial charge in [-0.1, -0.05) is 20.8 Å². The van der Waals surface area contributed by atoms with Gasteiger partial charge in [0, 0.05) is 18.6 Å². The molecule has 0 aliphatic heterocycles. The molecule has 0 aromatic carbocycles. The lowest BCUT2D eigenvalue weighted by molar-refractivity contribution is 0.197. The first-order chi connectivity index (χ1) is 6.16. The van der Waals surface area contributed by atoms with Gasteiger partial charge in [0.15, 0.2) is 0 Å². The molecule has 86 valence electrons. The Morgan fingerprint density at radius 1 is 1.07 bits per heavy atom. The maximum Gasteiger partial charge on any atom is 0.00967 e. The highest BCUT2D eigenvalue weighted by Crippen LogP contribution is 2.16. The molecule has 0 heterocycles. The van der Waals surface area contributed by atoms with Crippen LogP contribution in [0.15, 0.2) is 0 Å². The topological polar surface area (TPSA) is 15.3 Å². The van der Waals surface area contributed by atoms with Crippen molar-refractivity contribution in [3.8, 4) is 0 Å². The SMILES string of the molecule is CCN(C)CC(C)(C)CNC(C)(C)C. The molecule has 0 spiro atoms. The predicted octanol–water partition coefficient (Wildman–Crippen LogP) is 2.35. The van der Waals surface area contributed by atoms with E-state index < -0.39 is 0 Å². The first-order valence-electron chi connectivity index (χ1n) is 5.60. The van der Waals surface area contributed by atoms with E-state index in [1.165, 1.54) is 0 Å². The summed E-state index contributed by atoms with van der Waals surface area (Å²) in [7, 11) is 2.18. The van der Waals surface area contributed by atoms with Crippen molar-refractivity contribution >= 4 is 0 Å². The van der Waals surface area contributed by atoms with Gasteiger partial charge >= 0.3 is 0 Å². The zero-order valence-electron chi connectivity index (χ0n) is 11.1. The van der Waals surface area contributed by atoms with Gasteiger partial charge in [0.05, 0.1) is 0 Å². The number of nitrogens with one attached hydrogen (secondary N) is 1. The largest absolute Gasteiger partial charge is 0.311 e. The van der Waals surface area contributed by atoms with Crippen LogP contribution in [-0.4, -0.2) is 37.1 Å².